The minimum absolute atomic E-state index is 0.131. The third-order valence-electron chi connectivity index (χ3n) is 3.13. The van der Waals surface area contributed by atoms with Gasteiger partial charge in [-0.2, -0.15) is 0 Å². The molecule has 3 nitrogen and oxygen atoms in total. The predicted octanol–water partition coefficient (Wildman–Crippen LogP) is 2.64. The van der Waals surface area contributed by atoms with Crippen LogP contribution >= 0.6 is 11.6 Å². The molecule has 1 aromatic carbocycles. The maximum atomic E-state index is 11.8. The largest absolute Gasteiger partial charge is 0.379 e. The van der Waals surface area contributed by atoms with E-state index in [1.165, 1.54) is 0 Å². The van der Waals surface area contributed by atoms with E-state index in [0.29, 0.717) is 11.4 Å². The molecule has 1 aromatic rings. The molecule has 19 heavy (non-hydrogen) atoms. The lowest BCUT2D eigenvalue weighted by Crippen LogP contribution is -2.37. The lowest BCUT2D eigenvalue weighted by atomic mass is 10.1. The Hall–Kier alpha value is -1.16. The topological polar surface area (TPSA) is 29.5 Å². The summed E-state index contributed by atoms with van der Waals surface area (Å²) in [6.07, 6.45) is 3.94. The number of halogens is 1. The Bertz CT molecular complexity index is 453. The number of carbonyl (C=O) groups excluding carboxylic acids is 1. The van der Waals surface area contributed by atoms with E-state index < -0.39 is 0 Å². The van der Waals surface area contributed by atoms with Crippen LogP contribution in [-0.4, -0.2) is 43.5 Å². The van der Waals surface area contributed by atoms with E-state index >= 15 is 0 Å². The Morgan fingerprint density at radius 3 is 2.79 bits per heavy atom. The van der Waals surface area contributed by atoms with Gasteiger partial charge in [0.25, 0.3) is 0 Å². The first-order valence-electron chi connectivity index (χ1n) is 6.51. The zero-order chi connectivity index (χ0) is 13.5. The second kappa shape index (κ2) is 7.43. The van der Waals surface area contributed by atoms with Gasteiger partial charge in [-0.1, -0.05) is 29.8 Å². The highest BCUT2D eigenvalue weighted by atomic mass is 35.5. The number of benzene rings is 1. The summed E-state index contributed by atoms with van der Waals surface area (Å²) in [7, 11) is 0. The average Bonchev–Trinajstić information content (AvgIpc) is 2.45. The first-order chi connectivity index (χ1) is 9.25. The number of carbonyl (C=O) groups is 1. The summed E-state index contributed by atoms with van der Waals surface area (Å²) < 4.78 is 5.27. The predicted molar refractivity (Wildman–Crippen MR) is 77.4 cm³/mol. The van der Waals surface area contributed by atoms with Crippen LogP contribution in [0.2, 0.25) is 5.02 Å². The molecular formula is C15H18ClNO2. The van der Waals surface area contributed by atoms with Gasteiger partial charge in [-0.25, -0.2) is 0 Å². The molecule has 0 aliphatic carbocycles. The lowest BCUT2D eigenvalue weighted by Gasteiger charge is -2.25. The third kappa shape index (κ3) is 4.78. The van der Waals surface area contributed by atoms with Gasteiger partial charge in [0, 0.05) is 31.1 Å². The quantitative estimate of drug-likeness (QED) is 0.776. The monoisotopic (exact) mass is 279 g/mol. The fourth-order valence-corrected chi connectivity index (χ4v) is 2.17. The summed E-state index contributed by atoms with van der Waals surface area (Å²) in [5.74, 6) is 0.131. The van der Waals surface area contributed by atoms with Gasteiger partial charge in [-0.3, -0.25) is 9.69 Å². The van der Waals surface area contributed by atoms with Crippen molar-refractivity contribution in [2.45, 2.75) is 6.42 Å². The Kier molecular flexibility index (Phi) is 5.58. The molecule has 4 heteroatoms. The van der Waals surface area contributed by atoms with Gasteiger partial charge < -0.3 is 4.74 Å². The van der Waals surface area contributed by atoms with Gasteiger partial charge in [0.1, 0.15) is 0 Å². The molecule has 1 fully saturated rings. The molecule has 1 aliphatic rings. The Morgan fingerprint density at radius 1 is 1.32 bits per heavy atom. The number of hydrogen-bond acceptors (Lipinski definition) is 3. The van der Waals surface area contributed by atoms with Crippen molar-refractivity contribution in [1.29, 1.82) is 0 Å². The Balaban J connectivity index is 1.79. The lowest BCUT2D eigenvalue weighted by molar-refractivity contribution is -0.115. The molecule has 0 aromatic heterocycles. The number of nitrogens with zero attached hydrogens (tertiary/aromatic N) is 1. The molecule has 1 saturated heterocycles. The van der Waals surface area contributed by atoms with Crippen molar-refractivity contribution in [3.8, 4) is 0 Å². The van der Waals surface area contributed by atoms with Gasteiger partial charge in [-0.05, 0) is 23.8 Å². The summed E-state index contributed by atoms with van der Waals surface area (Å²) in [5, 5.41) is 0.666. The van der Waals surface area contributed by atoms with Crippen LogP contribution in [0, 0.1) is 0 Å². The van der Waals surface area contributed by atoms with Crippen molar-refractivity contribution in [1.82, 2.24) is 4.90 Å². The van der Waals surface area contributed by atoms with Crippen LogP contribution < -0.4 is 0 Å². The number of ketones is 1. The minimum Gasteiger partial charge on any atom is -0.379 e. The van der Waals surface area contributed by atoms with Crippen LogP contribution in [0.4, 0.5) is 0 Å². The summed E-state index contributed by atoms with van der Waals surface area (Å²) in [5.41, 5.74) is 0.879. The molecule has 1 heterocycles. The van der Waals surface area contributed by atoms with Crippen molar-refractivity contribution in [2.24, 2.45) is 0 Å². The van der Waals surface area contributed by atoms with Crippen molar-refractivity contribution in [3.63, 3.8) is 0 Å². The van der Waals surface area contributed by atoms with E-state index in [0.717, 1.165) is 38.4 Å². The maximum absolute atomic E-state index is 11.8. The second-order valence-electron chi connectivity index (χ2n) is 4.53. The first-order valence-corrected chi connectivity index (χ1v) is 6.89. The van der Waals surface area contributed by atoms with Gasteiger partial charge in [0.2, 0.25) is 0 Å². The van der Waals surface area contributed by atoms with E-state index in [1.807, 2.05) is 24.3 Å². The average molecular weight is 280 g/mol. The standard InChI is InChI=1S/C15H18ClNO2/c16-15-4-2-1-3-13(15)5-6-14(18)7-8-17-9-11-19-12-10-17/h1-6H,7-12H2/b6-5+. The zero-order valence-corrected chi connectivity index (χ0v) is 11.6. The van der Waals surface area contributed by atoms with E-state index in [4.69, 9.17) is 16.3 Å². The zero-order valence-electron chi connectivity index (χ0n) is 10.8. The number of rotatable bonds is 5. The van der Waals surface area contributed by atoms with Crippen LogP contribution in [-0.2, 0) is 9.53 Å². The molecule has 0 N–H and O–H groups in total. The SMILES string of the molecule is O=C(/C=C/c1ccccc1Cl)CCN1CCOCC1. The highest BCUT2D eigenvalue weighted by molar-refractivity contribution is 6.32. The van der Waals surface area contributed by atoms with E-state index in [1.54, 1.807) is 12.2 Å². The number of ether oxygens (including phenoxy) is 1. The van der Waals surface area contributed by atoms with Gasteiger partial charge in [-0.15, -0.1) is 0 Å². The molecule has 0 amide bonds. The van der Waals surface area contributed by atoms with Crippen molar-refractivity contribution in [2.75, 3.05) is 32.8 Å². The molecule has 0 bridgehead atoms. The number of allylic oxidation sites excluding steroid dienone is 1. The minimum atomic E-state index is 0.131. The molecule has 0 saturated carbocycles. The van der Waals surface area contributed by atoms with E-state index in [-0.39, 0.29) is 5.78 Å². The van der Waals surface area contributed by atoms with Crippen molar-refractivity contribution >= 4 is 23.5 Å². The summed E-state index contributed by atoms with van der Waals surface area (Å²) in [4.78, 5) is 14.0. The molecule has 102 valence electrons. The maximum Gasteiger partial charge on any atom is 0.156 e. The Labute approximate surface area is 118 Å². The molecule has 0 atom stereocenters. The highest BCUT2D eigenvalue weighted by Crippen LogP contribution is 2.16. The number of hydrogen-bond donors (Lipinski definition) is 0. The van der Waals surface area contributed by atoms with Crippen LogP contribution in [0.15, 0.2) is 30.3 Å². The molecular weight excluding hydrogens is 262 g/mol. The third-order valence-corrected chi connectivity index (χ3v) is 3.48. The molecule has 0 radical (unpaired) electrons. The fraction of sp³-hybridized carbons (Fsp3) is 0.400. The number of morpholine rings is 1. The van der Waals surface area contributed by atoms with E-state index in [9.17, 15) is 4.79 Å². The van der Waals surface area contributed by atoms with Crippen LogP contribution in [0.5, 0.6) is 0 Å². The van der Waals surface area contributed by atoms with Gasteiger partial charge in [0.15, 0.2) is 5.78 Å². The van der Waals surface area contributed by atoms with Crippen molar-refractivity contribution < 1.29 is 9.53 Å². The first kappa shape index (κ1) is 14.3. The van der Waals surface area contributed by atoms with Crippen LogP contribution in [0.3, 0.4) is 0 Å². The molecule has 0 spiro atoms. The molecule has 2 rings (SSSR count). The molecule has 1 aliphatic heterocycles. The highest BCUT2D eigenvalue weighted by Gasteiger charge is 2.10. The Morgan fingerprint density at radius 2 is 2.05 bits per heavy atom. The summed E-state index contributed by atoms with van der Waals surface area (Å²) >= 11 is 6.02. The van der Waals surface area contributed by atoms with Gasteiger partial charge in [0.05, 0.1) is 13.2 Å². The molecule has 0 unspecified atom stereocenters. The second-order valence-corrected chi connectivity index (χ2v) is 4.93. The van der Waals surface area contributed by atoms with E-state index in [2.05, 4.69) is 4.90 Å². The summed E-state index contributed by atoms with van der Waals surface area (Å²) in [6, 6.07) is 7.50. The van der Waals surface area contributed by atoms with Crippen LogP contribution in [0.1, 0.15) is 12.0 Å². The smallest absolute Gasteiger partial charge is 0.156 e. The normalized spacial score (nSPS) is 16.9. The summed E-state index contributed by atoms with van der Waals surface area (Å²) in [6.45, 7) is 4.17. The van der Waals surface area contributed by atoms with Crippen molar-refractivity contribution in [3.05, 3.63) is 40.9 Å². The van der Waals surface area contributed by atoms with Gasteiger partial charge >= 0.3 is 0 Å². The van der Waals surface area contributed by atoms with Crippen LogP contribution in [0.25, 0.3) is 6.08 Å². The fourth-order valence-electron chi connectivity index (χ4n) is 1.97.